The third-order valence-electron chi connectivity index (χ3n) is 3.90. The SMILES string of the molecule is CC1CCC(C#N)(NC(=O)c2ccc(Br)cc2O)CC1. The number of nitrogens with zero attached hydrogens (tertiary/aromatic N) is 1. The third kappa shape index (κ3) is 3.13. The summed E-state index contributed by atoms with van der Waals surface area (Å²) in [6.45, 7) is 2.16. The topological polar surface area (TPSA) is 73.1 Å². The van der Waals surface area contributed by atoms with E-state index >= 15 is 0 Å². The Hall–Kier alpha value is -1.54. The molecule has 0 bridgehead atoms. The molecule has 0 unspecified atom stereocenters. The number of carbonyl (C=O) groups excluding carboxylic acids is 1. The van der Waals surface area contributed by atoms with Crippen molar-refractivity contribution in [2.45, 2.75) is 38.1 Å². The number of halogens is 1. The van der Waals surface area contributed by atoms with Crippen LogP contribution in [0, 0.1) is 17.2 Å². The Morgan fingerprint density at radius 2 is 2.15 bits per heavy atom. The predicted molar refractivity (Wildman–Crippen MR) is 79.2 cm³/mol. The maximum atomic E-state index is 12.3. The Labute approximate surface area is 126 Å². The highest BCUT2D eigenvalue weighted by atomic mass is 79.9. The number of aromatic hydroxyl groups is 1. The molecule has 2 N–H and O–H groups in total. The van der Waals surface area contributed by atoms with Gasteiger partial charge in [0.1, 0.15) is 11.3 Å². The van der Waals surface area contributed by atoms with Crippen molar-refractivity contribution in [1.82, 2.24) is 5.32 Å². The smallest absolute Gasteiger partial charge is 0.256 e. The maximum Gasteiger partial charge on any atom is 0.256 e. The van der Waals surface area contributed by atoms with Crippen LogP contribution in [0.2, 0.25) is 0 Å². The second-order valence-electron chi connectivity index (χ2n) is 5.49. The van der Waals surface area contributed by atoms with Crippen LogP contribution in [0.4, 0.5) is 0 Å². The predicted octanol–water partition coefficient (Wildman–Crippen LogP) is 3.36. The van der Waals surface area contributed by atoms with Crippen molar-refractivity contribution in [3.8, 4) is 11.8 Å². The minimum Gasteiger partial charge on any atom is -0.507 e. The number of carbonyl (C=O) groups is 1. The van der Waals surface area contributed by atoms with Crippen LogP contribution in [0.3, 0.4) is 0 Å². The lowest BCUT2D eigenvalue weighted by Gasteiger charge is -2.34. The molecule has 1 aliphatic carbocycles. The summed E-state index contributed by atoms with van der Waals surface area (Å²) in [5.41, 5.74) is -0.607. The number of hydrogen-bond acceptors (Lipinski definition) is 3. The number of phenols is 1. The molecule has 106 valence electrons. The molecule has 0 aliphatic heterocycles. The van der Waals surface area contributed by atoms with Gasteiger partial charge in [0.25, 0.3) is 5.91 Å². The van der Waals surface area contributed by atoms with E-state index in [-0.39, 0.29) is 11.3 Å². The van der Waals surface area contributed by atoms with Gasteiger partial charge in [0.05, 0.1) is 11.6 Å². The number of nitrogens with one attached hydrogen (secondary N) is 1. The Morgan fingerprint density at radius 3 is 2.70 bits per heavy atom. The van der Waals surface area contributed by atoms with Crippen molar-refractivity contribution in [2.24, 2.45) is 5.92 Å². The van der Waals surface area contributed by atoms with Crippen LogP contribution < -0.4 is 5.32 Å². The van der Waals surface area contributed by atoms with Crippen molar-refractivity contribution >= 4 is 21.8 Å². The summed E-state index contributed by atoms with van der Waals surface area (Å²) >= 11 is 3.23. The number of hydrogen-bond donors (Lipinski definition) is 2. The molecule has 0 atom stereocenters. The fourth-order valence-electron chi connectivity index (χ4n) is 2.50. The standard InChI is InChI=1S/C15H17BrN2O2/c1-10-4-6-15(9-17,7-5-10)18-14(20)12-3-2-11(16)8-13(12)19/h2-3,8,10,19H,4-7H2,1H3,(H,18,20). The average Bonchev–Trinajstić information content (AvgIpc) is 2.41. The molecule has 2 rings (SSSR count). The van der Waals surface area contributed by atoms with Crippen molar-refractivity contribution in [3.63, 3.8) is 0 Å². The zero-order valence-corrected chi connectivity index (χ0v) is 12.9. The molecule has 0 heterocycles. The van der Waals surface area contributed by atoms with E-state index in [0.717, 1.165) is 12.8 Å². The largest absolute Gasteiger partial charge is 0.507 e. The molecule has 1 aromatic carbocycles. The van der Waals surface area contributed by atoms with Crippen LogP contribution in [-0.2, 0) is 0 Å². The summed E-state index contributed by atoms with van der Waals surface area (Å²) in [4.78, 5) is 12.3. The van der Waals surface area contributed by atoms with E-state index in [1.165, 1.54) is 6.07 Å². The zero-order valence-electron chi connectivity index (χ0n) is 11.3. The number of rotatable bonds is 2. The van der Waals surface area contributed by atoms with Gasteiger partial charge in [-0.3, -0.25) is 4.79 Å². The van der Waals surface area contributed by atoms with E-state index in [1.807, 2.05) is 0 Å². The number of benzene rings is 1. The number of nitriles is 1. The van der Waals surface area contributed by atoms with E-state index in [0.29, 0.717) is 23.2 Å². The second kappa shape index (κ2) is 5.84. The molecule has 1 saturated carbocycles. The first kappa shape index (κ1) is 14.9. The van der Waals surface area contributed by atoms with Gasteiger partial charge >= 0.3 is 0 Å². The zero-order chi connectivity index (χ0) is 14.8. The molecule has 0 radical (unpaired) electrons. The Morgan fingerprint density at radius 1 is 1.50 bits per heavy atom. The molecule has 1 fully saturated rings. The molecule has 20 heavy (non-hydrogen) atoms. The summed E-state index contributed by atoms with van der Waals surface area (Å²) in [6.07, 6.45) is 3.18. The van der Waals surface area contributed by atoms with Gasteiger partial charge < -0.3 is 10.4 Å². The van der Waals surface area contributed by atoms with Crippen molar-refractivity contribution < 1.29 is 9.90 Å². The van der Waals surface area contributed by atoms with Gasteiger partial charge in [0.2, 0.25) is 0 Å². The number of phenolic OH excluding ortho intramolecular Hbond substituents is 1. The summed E-state index contributed by atoms with van der Waals surface area (Å²) in [6, 6.07) is 6.95. The lowest BCUT2D eigenvalue weighted by Crippen LogP contribution is -2.49. The first-order valence-corrected chi connectivity index (χ1v) is 7.47. The molecular weight excluding hydrogens is 320 g/mol. The molecule has 1 aliphatic rings. The highest BCUT2D eigenvalue weighted by Gasteiger charge is 2.36. The minimum absolute atomic E-state index is 0.0888. The van der Waals surface area contributed by atoms with Crippen LogP contribution in [0.1, 0.15) is 43.0 Å². The average molecular weight is 337 g/mol. The Bertz CT molecular complexity index is 557. The molecule has 1 amide bonds. The van der Waals surface area contributed by atoms with Gasteiger partial charge in [-0.25, -0.2) is 0 Å². The van der Waals surface area contributed by atoms with Crippen LogP contribution in [0.5, 0.6) is 5.75 Å². The molecule has 5 heteroatoms. The van der Waals surface area contributed by atoms with E-state index in [2.05, 4.69) is 34.2 Å². The lowest BCUT2D eigenvalue weighted by atomic mass is 9.78. The van der Waals surface area contributed by atoms with Gasteiger partial charge in [-0.2, -0.15) is 5.26 Å². The maximum absolute atomic E-state index is 12.3. The second-order valence-corrected chi connectivity index (χ2v) is 6.41. The minimum atomic E-state index is -0.802. The highest BCUT2D eigenvalue weighted by Crippen LogP contribution is 2.32. The van der Waals surface area contributed by atoms with E-state index < -0.39 is 11.4 Å². The highest BCUT2D eigenvalue weighted by molar-refractivity contribution is 9.10. The summed E-state index contributed by atoms with van der Waals surface area (Å²) in [5, 5.41) is 22.0. The first-order valence-electron chi connectivity index (χ1n) is 6.68. The lowest BCUT2D eigenvalue weighted by molar-refractivity contribution is 0.0891. The number of amides is 1. The van der Waals surface area contributed by atoms with Crippen molar-refractivity contribution in [1.29, 1.82) is 5.26 Å². The normalized spacial score (nSPS) is 25.8. The fraction of sp³-hybridized carbons (Fsp3) is 0.467. The van der Waals surface area contributed by atoms with E-state index in [9.17, 15) is 15.2 Å². The van der Waals surface area contributed by atoms with Crippen LogP contribution in [0.15, 0.2) is 22.7 Å². The van der Waals surface area contributed by atoms with Gasteiger partial charge in [-0.15, -0.1) is 0 Å². The fourth-order valence-corrected chi connectivity index (χ4v) is 2.85. The van der Waals surface area contributed by atoms with E-state index in [4.69, 9.17) is 0 Å². The van der Waals surface area contributed by atoms with Gasteiger partial charge in [0.15, 0.2) is 0 Å². The Kier molecular flexibility index (Phi) is 4.34. The summed E-state index contributed by atoms with van der Waals surface area (Å²) in [5.74, 6) is 0.106. The quantitative estimate of drug-likeness (QED) is 0.869. The molecule has 4 nitrogen and oxygen atoms in total. The van der Waals surface area contributed by atoms with Crippen LogP contribution >= 0.6 is 15.9 Å². The molecule has 1 aromatic rings. The van der Waals surface area contributed by atoms with Crippen molar-refractivity contribution in [3.05, 3.63) is 28.2 Å². The third-order valence-corrected chi connectivity index (χ3v) is 4.39. The summed E-state index contributed by atoms with van der Waals surface area (Å²) < 4.78 is 0.702. The molecular formula is C15H17BrN2O2. The molecule has 0 spiro atoms. The first-order chi connectivity index (χ1) is 9.46. The van der Waals surface area contributed by atoms with Gasteiger partial charge in [-0.05, 0) is 49.8 Å². The Balaban J connectivity index is 2.16. The van der Waals surface area contributed by atoms with Gasteiger partial charge in [0, 0.05) is 4.47 Å². The van der Waals surface area contributed by atoms with Crippen LogP contribution in [-0.4, -0.2) is 16.6 Å². The van der Waals surface area contributed by atoms with Crippen molar-refractivity contribution in [2.75, 3.05) is 0 Å². The summed E-state index contributed by atoms with van der Waals surface area (Å²) in [7, 11) is 0. The molecule has 0 aromatic heterocycles. The monoisotopic (exact) mass is 336 g/mol. The van der Waals surface area contributed by atoms with Crippen LogP contribution in [0.25, 0.3) is 0 Å². The van der Waals surface area contributed by atoms with Gasteiger partial charge in [-0.1, -0.05) is 22.9 Å². The molecule has 0 saturated heterocycles. The van der Waals surface area contributed by atoms with E-state index in [1.54, 1.807) is 12.1 Å².